The number of rotatable bonds is 15. The minimum atomic E-state index is -1.65. The Balaban J connectivity index is 1.89. The highest BCUT2D eigenvalue weighted by molar-refractivity contribution is 6.05. The van der Waals surface area contributed by atoms with Crippen LogP contribution in [0.2, 0.25) is 0 Å². The van der Waals surface area contributed by atoms with Crippen LogP contribution >= 0.6 is 0 Å². The maximum Gasteiger partial charge on any atom is 0.329 e. The summed E-state index contributed by atoms with van der Waals surface area (Å²) in [6.07, 6.45) is -2.37. The summed E-state index contributed by atoms with van der Waals surface area (Å²) < 4.78 is 17.4. The highest BCUT2D eigenvalue weighted by Crippen LogP contribution is 2.34. The maximum atomic E-state index is 15.2. The van der Waals surface area contributed by atoms with Gasteiger partial charge in [0, 0.05) is 46.1 Å². The average molecular weight is 1110 g/mol. The second kappa shape index (κ2) is 28.9. The SMILES string of the molecule is CC[C@H](C)[C@@H]1CCC(=O)O[C@@H](C(C)C)C(=O)[C@H](C)C(=O)N[C@@H](CC(C)C)C(=O)N2CCC[C@@]2(C)C(=O)N(C)[C@@H](Cc2ccc(OC)cc2)C(=O)O[C@H](C)C(NC(=O)[C@@H](CC(C)C)N(C)C(=O)[C@@H]2CCCN2C(=O)[C@H](C)O)C(=O)N1. The Kier molecular flexibility index (Phi) is 23.9. The van der Waals surface area contributed by atoms with Crippen molar-refractivity contribution in [3.63, 3.8) is 0 Å². The molecule has 1 aromatic rings. The molecule has 3 aliphatic heterocycles. The minimum Gasteiger partial charge on any atom is -0.497 e. The van der Waals surface area contributed by atoms with Gasteiger partial charge in [0.2, 0.25) is 35.4 Å². The Hall–Kier alpha value is -6.12. The molecule has 3 saturated heterocycles. The highest BCUT2D eigenvalue weighted by Gasteiger charge is 2.51. The van der Waals surface area contributed by atoms with E-state index in [9.17, 15) is 38.7 Å². The van der Waals surface area contributed by atoms with Gasteiger partial charge in [-0.1, -0.05) is 73.9 Å². The van der Waals surface area contributed by atoms with Gasteiger partial charge in [0.25, 0.3) is 5.91 Å². The summed E-state index contributed by atoms with van der Waals surface area (Å²) in [4.78, 5) is 149. The van der Waals surface area contributed by atoms with Gasteiger partial charge < -0.3 is 54.9 Å². The Morgan fingerprint density at radius 2 is 1.53 bits per heavy atom. The number of ketones is 1. The monoisotopic (exact) mass is 1110 g/mol. The van der Waals surface area contributed by atoms with Crippen LogP contribution in [0.5, 0.6) is 5.75 Å². The zero-order chi connectivity index (χ0) is 59.4. The lowest BCUT2D eigenvalue weighted by atomic mass is 9.92. The molecule has 4 N–H and O–H groups in total. The van der Waals surface area contributed by atoms with Gasteiger partial charge >= 0.3 is 11.9 Å². The van der Waals surface area contributed by atoms with Crippen molar-refractivity contribution >= 4 is 59.1 Å². The van der Waals surface area contributed by atoms with E-state index in [4.69, 9.17) is 14.2 Å². The van der Waals surface area contributed by atoms with E-state index >= 15 is 14.4 Å². The molecule has 442 valence electrons. The Morgan fingerprint density at radius 3 is 2.10 bits per heavy atom. The first-order chi connectivity index (χ1) is 37.0. The Morgan fingerprint density at radius 1 is 0.886 bits per heavy atom. The van der Waals surface area contributed by atoms with Gasteiger partial charge in [0.05, 0.1) is 13.0 Å². The lowest BCUT2D eigenvalue weighted by molar-refractivity contribution is -0.164. The van der Waals surface area contributed by atoms with Crippen molar-refractivity contribution in [3.05, 3.63) is 29.8 Å². The van der Waals surface area contributed by atoms with Gasteiger partial charge in [-0.2, -0.15) is 0 Å². The van der Waals surface area contributed by atoms with Gasteiger partial charge in [-0.25, -0.2) is 4.79 Å². The summed E-state index contributed by atoms with van der Waals surface area (Å²) in [5, 5.41) is 18.7. The summed E-state index contributed by atoms with van der Waals surface area (Å²) in [5.41, 5.74) is -0.948. The van der Waals surface area contributed by atoms with Crippen molar-refractivity contribution in [2.75, 3.05) is 34.3 Å². The number of nitrogens with one attached hydrogen (secondary N) is 3. The van der Waals surface area contributed by atoms with E-state index < -0.39 is 131 Å². The molecule has 21 heteroatoms. The molecule has 3 fully saturated rings. The lowest BCUT2D eigenvalue weighted by Gasteiger charge is -2.41. The largest absolute Gasteiger partial charge is 0.497 e. The quantitative estimate of drug-likeness (QED) is 0.144. The number of carbonyl (C=O) groups excluding carboxylic acids is 10. The van der Waals surface area contributed by atoms with E-state index in [0.717, 1.165) is 0 Å². The molecule has 4 rings (SSSR count). The number of fused-ring (bicyclic) bond motifs is 1. The normalized spacial score (nSPS) is 27.7. The van der Waals surface area contributed by atoms with Gasteiger partial charge in [0.15, 0.2) is 11.9 Å². The standard InChI is InChI=1S/C58H91N7O14/c1-16-35(8)41-24-25-46(67)79-49(34(6)7)48(68)36(9)50(69)60-42(29-32(2)3)54(73)65-28-18-26-58(65,12)57(76)63(14)45(31-39-20-22-40(77-15)23-21-39)56(75)78-38(11)47(52(71)59-41)61-51(70)44(30-33(4)5)62(13)55(74)43-19-17-27-64(43)53(72)37(10)66/h20-23,32-38,41-45,47,49,66H,16-19,24-31H2,1-15H3,(H,59,71)(H,60,69)(H,61,70)/t35-,36-,37-,38+,41-,42-,43-,44+,45-,47?,49-,58-/m0/s1. The molecule has 7 amide bonds. The second-order valence-electron chi connectivity index (χ2n) is 23.4. The summed E-state index contributed by atoms with van der Waals surface area (Å²) in [7, 11) is 4.37. The number of cyclic esters (lactones) is 2. The van der Waals surface area contributed by atoms with Crippen molar-refractivity contribution in [1.82, 2.24) is 35.6 Å². The van der Waals surface area contributed by atoms with Gasteiger partial charge in [-0.05, 0) is 114 Å². The number of likely N-dealkylation sites (tertiary alicyclic amines) is 1. The molecule has 0 aromatic heterocycles. The van der Waals surface area contributed by atoms with Gasteiger partial charge in [0.1, 0.15) is 53.7 Å². The van der Waals surface area contributed by atoms with Crippen molar-refractivity contribution in [2.45, 2.75) is 207 Å². The molecule has 0 spiro atoms. The fraction of sp³-hybridized carbons (Fsp3) is 0.724. The van der Waals surface area contributed by atoms with Crippen LogP contribution in [0.1, 0.15) is 146 Å². The molecule has 21 nitrogen and oxygen atoms in total. The third kappa shape index (κ3) is 16.5. The molecule has 0 aliphatic carbocycles. The number of nitrogens with zero attached hydrogens (tertiary/aromatic N) is 4. The fourth-order valence-corrected chi connectivity index (χ4v) is 10.8. The number of amides is 7. The third-order valence-corrected chi connectivity index (χ3v) is 16.0. The van der Waals surface area contributed by atoms with Crippen LogP contribution in [0.25, 0.3) is 0 Å². The molecule has 0 radical (unpaired) electrons. The average Bonchev–Trinajstić information content (AvgIpc) is 4.12. The first kappa shape index (κ1) is 65.4. The van der Waals surface area contributed by atoms with Crippen molar-refractivity contribution < 1.29 is 67.3 Å². The van der Waals surface area contributed by atoms with Gasteiger partial charge in [-0.15, -0.1) is 0 Å². The predicted molar refractivity (Wildman–Crippen MR) is 293 cm³/mol. The van der Waals surface area contributed by atoms with Crippen LogP contribution < -0.4 is 20.7 Å². The van der Waals surface area contributed by atoms with Crippen LogP contribution in [0.15, 0.2) is 24.3 Å². The number of hydrogen-bond acceptors (Lipinski definition) is 14. The number of ether oxygens (including phenoxy) is 3. The third-order valence-electron chi connectivity index (χ3n) is 16.0. The maximum absolute atomic E-state index is 15.2. The van der Waals surface area contributed by atoms with E-state index in [1.165, 1.54) is 61.6 Å². The highest BCUT2D eigenvalue weighted by atomic mass is 16.6. The lowest BCUT2D eigenvalue weighted by Crippen LogP contribution is -2.63. The molecule has 1 unspecified atom stereocenters. The van der Waals surface area contributed by atoms with Crippen molar-refractivity contribution in [1.29, 1.82) is 0 Å². The number of methoxy groups -OCH3 is 1. The number of carbonyl (C=O) groups is 10. The van der Waals surface area contributed by atoms with E-state index in [2.05, 4.69) is 16.0 Å². The Bertz CT molecular complexity index is 2340. The van der Waals surface area contributed by atoms with Crippen molar-refractivity contribution in [3.8, 4) is 5.75 Å². The molecule has 1 aromatic carbocycles. The summed E-state index contributed by atoms with van der Waals surface area (Å²) in [6.45, 7) is 20.6. The first-order valence-electron chi connectivity index (χ1n) is 28.3. The molecule has 3 aliphatic rings. The number of esters is 2. The molecular weight excluding hydrogens is 1020 g/mol. The first-order valence-corrected chi connectivity index (χ1v) is 28.3. The number of aliphatic hydroxyl groups is 1. The smallest absolute Gasteiger partial charge is 0.329 e. The molecule has 12 atom stereocenters. The van der Waals surface area contributed by atoms with Crippen LogP contribution in [0.4, 0.5) is 0 Å². The van der Waals surface area contributed by atoms with E-state index in [1.54, 1.807) is 45.0 Å². The van der Waals surface area contributed by atoms with Gasteiger partial charge in [-0.3, -0.25) is 43.2 Å². The summed E-state index contributed by atoms with van der Waals surface area (Å²) in [5.74, 6) is -9.05. The topological polar surface area (TPSA) is 268 Å². The number of Topliss-reactive ketones (excluding diaryl/α,β-unsaturated/α-hetero) is 1. The van der Waals surface area contributed by atoms with Crippen molar-refractivity contribution in [2.24, 2.45) is 29.6 Å². The van der Waals surface area contributed by atoms with E-state index in [0.29, 0.717) is 37.0 Å². The predicted octanol–water partition coefficient (Wildman–Crippen LogP) is 3.74. The molecule has 0 bridgehead atoms. The molecular formula is C58H91N7O14. The van der Waals surface area contributed by atoms with Crippen LogP contribution in [0.3, 0.4) is 0 Å². The zero-order valence-corrected chi connectivity index (χ0v) is 49.4. The summed E-state index contributed by atoms with van der Waals surface area (Å²) >= 11 is 0. The van der Waals surface area contributed by atoms with Crippen LogP contribution in [0, 0.1) is 29.6 Å². The molecule has 3 heterocycles. The van der Waals surface area contributed by atoms with E-state index in [1.807, 2.05) is 41.5 Å². The van der Waals surface area contributed by atoms with Crippen LogP contribution in [-0.2, 0) is 63.8 Å². The fourth-order valence-electron chi connectivity index (χ4n) is 10.8. The Labute approximate surface area is 467 Å². The number of hydrogen-bond donors (Lipinski definition) is 4. The molecule has 0 saturated carbocycles. The van der Waals surface area contributed by atoms with E-state index in [-0.39, 0.29) is 69.4 Å². The zero-order valence-electron chi connectivity index (χ0n) is 49.4. The number of likely N-dealkylation sites (N-methyl/N-ethyl adjacent to an activating group) is 2. The number of benzene rings is 1. The molecule has 79 heavy (non-hydrogen) atoms. The second-order valence-corrected chi connectivity index (χ2v) is 23.4. The van der Waals surface area contributed by atoms with Crippen LogP contribution in [-0.4, -0.2) is 178 Å². The number of aliphatic hydroxyl groups excluding tert-OH is 1. The minimum absolute atomic E-state index is 0.00480. The summed E-state index contributed by atoms with van der Waals surface area (Å²) in [6, 6.07) is -0.291.